The second kappa shape index (κ2) is 8.03. The van der Waals surface area contributed by atoms with Crippen LogP contribution in [0, 0.1) is 25.2 Å². The Morgan fingerprint density at radius 1 is 1.25 bits per heavy atom. The molecule has 28 heavy (non-hydrogen) atoms. The molecule has 1 N–H and O–H groups in total. The summed E-state index contributed by atoms with van der Waals surface area (Å²) in [5.74, 6) is -0.576. The van der Waals surface area contributed by atoms with Gasteiger partial charge in [-0.2, -0.15) is 5.26 Å². The number of nitrogens with zero attached hydrogens (tertiary/aromatic N) is 1. The molecule has 0 bridgehead atoms. The van der Waals surface area contributed by atoms with Crippen LogP contribution in [0.2, 0.25) is 0 Å². The van der Waals surface area contributed by atoms with Crippen molar-refractivity contribution in [3.8, 4) is 11.8 Å². The number of ether oxygens (including phenoxy) is 1. The largest absolute Gasteiger partial charge is 0.493 e. The zero-order chi connectivity index (χ0) is 20.3. The first-order valence-corrected chi connectivity index (χ1v) is 10.8. The molecule has 0 fully saturated rings. The van der Waals surface area contributed by atoms with E-state index in [2.05, 4.69) is 5.32 Å². The quantitative estimate of drug-likeness (QED) is 0.835. The Hall–Kier alpha value is -2.85. The zero-order valence-corrected chi connectivity index (χ0v) is 16.7. The molecule has 7 heteroatoms. The first-order chi connectivity index (χ1) is 13.3. The standard InChI is InChI=1S/C21H22N2O4S/c1-14-9-15(2)21-18(10-14)19(7-8-27-21)23-20(24)13-28(25,26)12-17-5-3-16(11-22)4-6-17/h3-6,9-10,19H,7-8,12-13H2,1-2H3,(H,23,24). The molecule has 0 aliphatic carbocycles. The zero-order valence-electron chi connectivity index (χ0n) is 15.9. The minimum absolute atomic E-state index is 0.241. The lowest BCUT2D eigenvalue weighted by atomic mass is 9.96. The number of aryl methyl sites for hydroxylation is 2. The summed E-state index contributed by atoms with van der Waals surface area (Å²) in [5, 5.41) is 11.7. The Morgan fingerprint density at radius 2 is 1.96 bits per heavy atom. The van der Waals surface area contributed by atoms with Crippen LogP contribution in [0.25, 0.3) is 0 Å². The highest BCUT2D eigenvalue weighted by atomic mass is 32.2. The van der Waals surface area contributed by atoms with Gasteiger partial charge in [-0.1, -0.05) is 29.8 Å². The minimum atomic E-state index is -3.62. The molecule has 2 aromatic rings. The fraction of sp³-hybridized carbons (Fsp3) is 0.333. The van der Waals surface area contributed by atoms with E-state index < -0.39 is 21.5 Å². The number of sulfone groups is 1. The molecule has 1 aliphatic rings. The van der Waals surface area contributed by atoms with E-state index >= 15 is 0 Å². The van der Waals surface area contributed by atoms with Gasteiger partial charge in [0.05, 0.1) is 30.0 Å². The van der Waals surface area contributed by atoms with Gasteiger partial charge in [-0.15, -0.1) is 0 Å². The van der Waals surface area contributed by atoms with Gasteiger partial charge < -0.3 is 10.1 Å². The Balaban J connectivity index is 1.68. The fourth-order valence-electron chi connectivity index (χ4n) is 3.44. The van der Waals surface area contributed by atoms with Gasteiger partial charge in [0.1, 0.15) is 11.5 Å². The molecule has 0 saturated heterocycles. The highest BCUT2D eigenvalue weighted by molar-refractivity contribution is 7.91. The van der Waals surface area contributed by atoms with Crippen molar-refractivity contribution < 1.29 is 17.9 Å². The van der Waals surface area contributed by atoms with Crippen LogP contribution < -0.4 is 10.1 Å². The number of rotatable bonds is 5. The maximum absolute atomic E-state index is 12.4. The summed E-state index contributed by atoms with van der Waals surface area (Å²) in [4.78, 5) is 12.4. The third-order valence-corrected chi connectivity index (χ3v) is 6.11. The van der Waals surface area contributed by atoms with Crippen LogP contribution in [0.4, 0.5) is 0 Å². The third kappa shape index (κ3) is 4.70. The Kier molecular flexibility index (Phi) is 5.71. The van der Waals surface area contributed by atoms with E-state index in [0.29, 0.717) is 24.2 Å². The van der Waals surface area contributed by atoms with Crippen molar-refractivity contribution in [2.75, 3.05) is 12.4 Å². The van der Waals surface area contributed by atoms with E-state index in [1.54, 1.807) is 24.3 Å². The van der Waals surface area contributed by atoms with E-state index in [0.717, 1.165) is 22.4 Å². The second-order valence-corrected chi connectivity index (χ2v) is 9.16. The number of benzene rings is 2. The van der Waals surface area contributed by atoms with Crippen molar-refractivity contribution in [3.63, 3.8) is 0 Å². The number of carbonyl (C=O) groups excluding carboxylic acids is 1. The van der Waals surface area contributed by atoms with E-state index in [4.69, 9.17) is 10.00 Å². The summed E-state index contributed by atoms with van der Waals surface area (Å²) in [6.45, 7) is 4.40. The molecule has 0 spiro atoms. The summed E-state index contributed by atoms with van der Waals surface area (Å²) in [7, 11) is -3.62. The lowest BCUT2D eigenvalue weighted by Crippen LogP contribution is -2.36. The van der Waals surface area contributed by atoms with Gasteiger partial charge in [0, 0.05) is 12.0 Å². The van der Waals surface area contributed by atoms with Crippen LogP contribution in [0.15, 0.2) is 36.4 Å². The molecule has 1 amide bonds. The third-order valence-electron chi connectivity index (χ3n) is 4.63. The van der Waals surface area contributed by atoms with Gasteiger partial charge in [0.2, 0.25) is 5.91 Å². The molecular weight excluding hydrogens is 376 g/mol. The predicted molar refractivity (Wildman–Crippen MR) is 106 cm³/mol. The fourth-order valence-corrected chi connectivity index (χ4v) is 4.73. The van der Waals surface area contributed by atoms with E-state index in [-0.39, 0.29) is 11.8 Å². The van der Waals surface area contributed by atoms with Crippen LogP contribution in [-0.2, 0) is 20.4 Å². The van der Waals surface area contributed by atoms with Gasteiger partial charge in [-0.05, 0) is 37.1 Å². The highest BCUT2D eigenvalue weighted by Crippen LogP contribution is 2.35. The molecule has 146 valence electrons. The molecule has 0 saturated carbocycles. The number of hydrogen-bond donors (Lipinski definition) is 1. The summed E-state index contributed by atoms with van der Waals surface area (Å²) >= 11 is 0. The van der Waals surface area contributed by atoms with Crippen molar-refractivity contribution in [3.05, 3.63) is 64.2 Å². The Bertz CT molecular complexity index is 1040. The Labute approximate surface area is 165 Å². The molecule has 6 nitrogen and oxygen atoms in total. The van der Waals surface area contributed by atoms with Gasteiger partial charge in [-0.25, -0.2) is 8.42 Å². The van der Waals surface area contributed by atoms with Crippen LogP contribution >= 0.6 is 0 Å². The molecule has 0 radical (unpaired) electrons. The van der Waals surface area contributed by atoms with Crippen LogP contribution in [-0.4, -0.2) is 26.7 Å². The number of amides is 1. The maximum atomic E-state index is 12.4. The second-order valence-electron chi connectivity index (χ2n) is 7.10. The van der Waals surface area contributed by atoms with Crippen LogP contribution in [0.3, 0.4) is 0 Å². The first kappa shape index (κ1) is 19.9. The van der Waals surface area contributed by atoms with Gasteiger partial charge >= 0.3 is 0 Å². The van der Waals surface area contributed by atoms with Gasteiger partial charge in [0.25, 0.3) is 0 Å². The number of nitriles is 1. The van der Waals surface area contributed by atoms with E-state index in [1.165, 1.54) is 0 Å². The average Bonchev–Trinajstić information content (AvgIpc) is 2.62. The molecule has 3 rings (SSSR count). The highest BCUT2D eigenvalue weighted by Gasteiger charge is 2.26. The molecule has 1 unspecified atom stereocenters. The first-order valence-electron chi connectivity index (χ1n) is 9.00. The normalized spacial score (nSPS) is 15.8. The molecule has 1 atom stereocenters. The number of fused-ring (bicyclic) bond motifs is 1. The number of carbonyl (C=O) groups is 1. The average molecular weight is 398 g/mol. The van der Waals surface area contributed by atoms with Crippen molar-refractivity contribution in [2.45, 2.75) is 32.1 Å². The summed E-state index contributed by atoms with van der Waals surface area (Å²) in [5.41, 5.74) is 3.97. The van der Waals surface area contributed by atoms with E-state index in [1.807, 2.05) is 32.0 Å². The molecular formula is C21H22N2O4S. The smallest absolute Gasteiger partial charge is 0.235 e. The molecule has 1 heterocycles. The minimum Gasteiger partial charge on any atom is -0.493 e. The Morgan fingerprint density at radius 3 is 2.64 bits per heavy atom. The van der Waals surface area contributed by atoms with Crippen LogP contribution in [0.5, 0.6) is 5.75 Å². The molecule has 0 aromatic heterocycles. The molecule has 1 aliphatic heterocycles. The summed E-state index contributed by atoms with van der Waals surface area (Å²) < 4.78 is 30.5. The maximum Gasteiger partial charge on any atom is 0.235 e. The summed E-state index contributed by atoms with van der Waals surface area (Å²) in [6.07, 6.45) is 0.595. The van der Waals surface area contributed by atoms with Crippen molar-refractivity contribution in [1.29, 1.82) is 5.26 Å². The predicted octanol–water partition coefficient (Wildman–Crippen LogP) is 2.73. The SMILES string of the molecule is Cc1cc(C)c2c(c1)C(NC(=O)CS(=O)(=O)Cc1ccc(C#N)cc1)CCO2. The summed E-state index contributed by atoms with van der Waals surface area (Å²) in [6, 6.07) is 12.0. The van der Waals surface area contributed by atoms with Gasteiger partial charge in [0.15, 0.2) is 9.84 Å². The van der Waals surface area contributed by atoms with Crippen molar-refractivity contribution >= 4 is 15.7 Å². The number of nitrogens with one attached hydrogen (secondary N) is 1. The topological polar surface area (TPSA) is 96.3 Å². The van der Waals surface area contributed by atoms with Gasteiger partial charge in [-0.3, -0.25) is 4.79 Å². The monoisotopic (exact) mass is 398 g/mol. The lowest BCUT2D eigenvalue weighted by Gasteiger charge is -2.28. The van der Waals surface area contributed by atoms with Crippen molar-refractivity contribution in [2.24, 2.45) is 0 Å². The lowest BCUT2D eigenvalue weighted by molar-refractivity contribution is -0.119. The van der Waals surface area contributed by atoms with E-state index in [9.17, 15) is 13.2 Å². The van der Waals surface area contributed by atoms with Crippen molar-refractivity contribution in [1.82, 2.24) is 5.32 Å². The number of hydrogen-bond acceptors (Lipinski definition) is 5. The molecule has 2 aromatic carbocycles. The van der Waals surface area contributed by atoms with Crippen LogP contribution in [0.1, 0.15) is 40.3 Å².